The van der Waals surface area contributed by atoms with Gasteiger partial charge in [0.05, 0.1) is 11.0 Å². The van der Waals surface area contributed by atoms with E-state index < -0.39 is 5.97 Å². The second-order valence-corrected chi connectivity index (χ2v) is 7.39. The van der Waals surface area contributed by atoms with Crippen molar-refractivity contribution in [3.05, 3.63) is 71.3 Å². The lowest BCUT2D eigenvalue weighted by molar-refractivity contribution is -0.145. The molecule has 2 aromatic carbocycles. The van der Waals surface area contributed by atoms with Crippen molar-refractivity contribution in [1.82, 2.24) is 5.32 Å². The molecule has 0 saturated heterocycles. The van der Waals surface area contributed by atoms with Gasteiger partial charge in [-0.3, -0.25) is 9.59 Å². The Hall–Kier alpha value is -2.41. The van der Waals surface area contributed by atoms with Crippen LogP contribution >= 0.6 is 11.8 Å². The minimum atomic E-state index is -0.514. The SMILES string of the molecule is O=C(COC(=O)CSC(c1ccc(F)cc1)c1ccc(F)cc1)NC1CC1. The quantitative estimate of drug-likeness (QED) is 0.699. The van der Waals surface area contributed by atoms with Crippen LogP contribution in [0.25, 0.3) is 0 Å². The molecule has 0 aromatic heterocycles. The number of carbonyl (C=O) groups is 2. The lowest BCUT2D eigenvalue weighted by atomic mass is 10.0. The molecule has 0 spiro atoms. The Kier molecular flexibility index (Phi) is 6.45. The van der Waals surface area contributed by atoms with Gasteiger partial charge in [0.15, 0.2) is 6.61 Å². The topological polar surface area (TPSA) is 55.4 Å². The molecular formula is C20H19F2NO3S. The number of ether oxygens (including phenoxy) is 1. The molecule has 1 amide bonds. The van der Waals surface area contributed by atoms with Gasteiger partial charge in [-0.25, -0.2) is 8.78 Å². The molecule has 0 aliphatic heterocycles. The van der Waals surface area contributed by atoms with Crippen molar-refractivity contribution in [3.63, 3.8) is 0 Å². The number of hydrogen-bond acceptors (Lipinski definition) is 4. The van der Waals surface area contributed by atoms with Crippen molar-refractivity contribution in [2.75, 3.05) is 12.4 Å². The Morgan fingerprint density at radius 2 is 1.52 bits per heavy atom. The normalized spacial score (nSPS) is 13.4. The highest BCUT2D eigenvalue weighted by atomic mass is 32.2. The zero-order valence-corrected chi connectivity index (χ0v) is 15.3. The van der Waals surface area contributed by atoms with Crippen molar-refractivity contribution >= 4 is 23.6 Å². The lowest BCUT2D eigenvalue weighted by Crippen LogP contribution is -2.30. The van der Waals surface area contributed by atoms with Crippen LogP contribution in [0.3, 0.4) is 0 Å². The molecule has 1 aliphatic rings. The average Bonchev–Trinajstić information content (AvgIpc) is 3.47. The first-order chi connectivity index (χ1) is 13.0. The van der Waals surface area contributed by atoms with Crippen molar-refractivity contribution in [1.29, 1.82) is 0 Å². The number of amides is 1. The maximum absolute atomic E-state index is 13.2. The Balaban J connectivity index is 1.60. The number of thioether (sulfide) groups is 1. The summed E-state index contributed by atoms with van der Waals surface area (Å²) >= 11 is 1.27. The lowest BCUT2D eigenvalue weighted by Gasteiger charge is -2.17. The number of esters is 1. The summed E-state index contributed by atoms with van der Waals surface area (Å²) in [6, 6.07) is 12.1. The van der Waals surface area contributed by atoms with Gasteiger partial charge in [-0.15, -0.1) is 11.8 Å². The second-order valence-electron chi connectivity index (χ2n) is 6.30. The van der Waals surface area contributed by atoms with E-state index >= 15 is 0 Å². The van der Waals surface area contributed by atoms with Gasteiger partial charge in [0.1, 0.15) is 11.6 Å². The summed E-state index contributed by atoms with van der Waals surface area (Å²) in [5, 5.41) is 2.45. The minimum absolute atomic E-state index is 0.0100. The van der Waals surface area contributed by atoms with Crippen LogP contribution in [0, 0.1) is 11.6 Å². The Morgan fingerprint density at radius 1 is 1.00 bits per heavy atom. The molecule has 1 fully saturated rings. The van der Waals surface area contributed by atoms with Gasteiger partial charge in [0, 0.05) is 6.04 Å². The van der Waals surface area contributed by atoms with Crippen molar-refractivity contribution in [3.8, 4) is 0 Å². The van der Waals surface area contributed by atoms with Crippen LogP contribution in [0.5, 0.6) is 0 Å². The molecule has 3 rings (SSSR count). The second kappa shape index (κ2) is 8.99. The van der Waals surface area contributed by atoms with Gasteiger partial charge in [-0.05, 0) is 48.2 Å². The molecule has 0 atom stereocenters. The highest BCUT2D eigenvalue weighted by Crippen LogP contribution is 2.35. The highest BCUT2D eigenvalue weighted by Gasteiger charge is 2.24. The van der Waals surface area contributed by atoms with E-state index in [0.717, 1.165) is 24.0 Å². The van der Waals surface area contributed by atoms with Crippen LogP contribution in [-0.4, -0.2) is 30.3 Å². The molecular weight excluding hydrogens is 372 g/mol. The smallest absolute Gasteiger partial charge is 0.316 e. The third-order valence-electron chi connectivity index (χ3n) is 4.02. The van der Waals surface area contributed by atoms with Gasteiger partial charge >= 0.3 is 5.97 Å². The summed E-state index contributed by atoms with van der Waals surface area (Å²) in [6.07, 6.45) is 1.93. The largest absolute Gasteiger partial charge is 0.455 e. The molecule has 0 radical (unpaired) electrons. The van der Waals surface area contributed by atoms with E-state index in [0.29, 0.717) is 0 Å². The molecule has 1 saturated carbocycles. The van der Waals surface area contributed by atoms with Gasteiger partial charge in [-0.1, -0.05) is 24.3 Å². The Labute approximate surface area is 160 Å². The molecule has 0 unspecified atom stereocenters. The standard InChI is InChI=1S/C20H19F2NO3S/c21-15-5-1-13(2-6-15)20(14-3-7-16(22)8-4-14)27-12-19(25)26-11-18(24)23-17-9-10-17/h1-8,17,20H,9-12H2,(H,23,24). The van der Waals surface area contributed by atoms with Crippen LogP contribution in [0.4, 0.5) is 8.78 Å². The van der Waals surface area contributed by atoms with Gasteiger partial charge in [0.2, 0.25) is 0 Å². The van der Waals surface area contributed by atoms with E-state index in [-0.39, 0.29) is 41.2 Å². The van der Waals surface area contributed by atoms with Gasteiger partial charge in [-0.2, -0.15) is 0 Å². The van der Waals surface area contributed by atoms with Crippen LogP contribution < -0.4 is 5.32 Å². The fourth-order valence-electron chi connectivity index (χ4n) is 2.50. The Bertz CT molecular complexity index is 746. The number of nitrogens with one attached hydrogen (secondary N) is 1. The zero-order valence-electron chi connectivity index (χ0n) is 14.5. The maximum Gasteiger partial charge on any atom is 0.316 e. The maximum atomic E-state index is 13.2. The monoisotopic (exact) mass is 391 g/mol. The predicted octanol–water partition coefficient (Wildman–Crippen LogP) is 3.61. The molecule has 2 aromatic rings. The average molecular weight is 391 g/mol. The minimum Gasteiger partial charge on any atom is -0.455 e. The van der Waals surface area contributed by atoms with Crippen LogP contribution in [0.2, 0.25) is 0 Å². The molecule has 142 valence electrons. The molecule has 4 nitrogen and oxygen atoms in total. The third kappa shape index (κ3) is 6.06. The first kappa shape index (κ1) is 19.4. The highest BCUT2D eigenvalue weighted by molar-refractivity contribution is 8.00. The molecule has 0 bridgehead atoms. The zero-order chi connectivity index (χ0) is 19.2. The summed E-state index contributed by atoms with van der Waals surface area (Å²) in [5.41, 5.74) is 1.57. The molecule has 1 aliphatic carbocycles. The van der Waals surface area contributed by atoms with E-state index in [2.05, 4.69) is 5.32 Å². The van der Waals surface area contributed by atoms with Crippen LogP contribution in [-0.2, 0) is 14.3 Å². The summed E-state index contributed by atoms with van der Waals surface area (Å²) in [6.45, 7) is -0.298. The Morgan fingerprint density at radius 3 is 2.00 bits per heavy atom. The van der Waals surface area contributed by atoms with E-state index in [9.17, 15) is 18.4 Å². The molecule has 1 N–H and O–H groups in total. The number of carbonyl (C=O) groups excluding carboxylic acids is 2. The first-order valence-electron chi connectivity index (χ1n) is 8.59. The van der Waals surface area contributed by atoms with Crippen molar-refractivity contribution in [2.24, 2.45) is 0 Å². The van der Waals surface area contributed by atoms with E-state index in [1.165, 1.54) is 36.0 Å². The summed E-state index contributed by atoms with van der Waals surface area (Å²) < 4.78 is 31.4. The number of benzene rings is 2. The van der Waals surface area contributed by atoms with Crippen molar-refractivity contribution in [2.45, 2.75) is 24.1 Å². The number of hydrogen-bond donors (Lipinski definition) is 1. The summed E-state index contributed by atoms with van der Waals surface area (Å²) in [4.78, 5) is 23.6. The van der Waals surface area contributed by atoms with E-state index in [4.69, 9.17) is 4.74 Å². The molecule has 27 heavy (non-hydrogen) atoms. The van der Waals surface area contributed by atoms with Gasteiger partial charge < -0.3 is 10.1 Å². The predicted molar refractivity (Wildman–Crippen MR) is 99.2 cm³/mol. The third-order valence-corrected chi connectivity index (χ3v) is 5.30. The molecule has 0 heterocycles. The van der Waals surface area contributed by atoms with Crippen molar-refractivity contribution < 1.29 is 23.1 Å². The first-order valence-corrected chi connectivity index (χ1v) is 9.63. The van der Waals surface area contributed by atoms with E-state index in [1.54, 1.807) is 24.3 Å². The number of rotatable bonds is 8. The van der Waals surface area contributed by atoms with Crippen LogP contribution in [0.15, 0.2) is 48.5 Å². The summed E-state index contributed by atoms with van der Waals surface area (Å²) in [5.74, 6) is -1.52. The van der Waals surface area contributed by atoms with Crippen LogP contribution in [0.1, 0.15) is 29.2 Å². The number of halogens is 2. The van der Waals surface area contributed by atoms with Gasteiger partial charge in [0.25, 0.3) is 5.91 Å². The van der Waals surface area contributed by atoms with E-state index in [1.807, 2.05) is 0 Å². The fourth-order valence-corrected chi connectivity index (χ4v) is 3.58. The summed E-state index contributed by atoms with van der Waals surface area (Å²) in [7, 11) is 0. The molecule has 7 heteroatoms. The fraction of sp³-hybridized carbons (Fsp3) is 0.300.